The second-order valence-electron chi connectivity index (χ2n) is 16.2. The first-order valence-electron chi connectivity index (χ1n) is 19.6. The lowest BCUT2D eigenvalue weighted by molar-refractivity contribution is 0.660. The van der Waals surface area contributed by atoms with Gasteiger partial charge in [0, 0.05) is 27.8 Å². The van der Waals surface area contributed by atoms with E-state index >= 15 is 0 Å². The largest absolute Gasteiger partial charge is 0.309 e. The molecule has 0 spiro atoms. The summed E-state index contributed by atoms with van der Waals surface area (Å²) in [5, 5.41) is 2.53. The third-order valence-electron chi connectivity index (χ3n) is 12.8. The van der Waals surface area contributed by atoms with Crippen LogP contribution in [0.1, 0.15) is 54.5 Å². The number of aromatic nitrogens is 1. The summed E-state index contributed by atoms with van der Waals surface area (Å²) >= 11 is 0. The summed E-state index contributed by atoms with van der Waals surface area (Å²) < 4.78 is 2.45. The van der Waals surface area contributed by atoms with E-state index < -0.39 is 0 Å². The molecular weight excluding hydrogens is 663 g/mol. The van der Waals surface area contributed by atoms with Crippen LogP contribution in [0.25, 0.3) is 83.1 Å². The summed E-state index contributed by atoms with van der Waals surface area (Å²) in [6.07, 6.45) is 0. The van der Waals surface area contributed by atoms with Crippen molar-refractivity contribution in [3.8, 4) is 61.3 Å². The predicted molar refractivity (Wildman–Crippen MR) is 232 cm³/mol. The molecule has 11 rings (SSSR count). The Hall–Kier alpha value is -6.44. The van der Waals surface area contributed by atoms with Gasteiger partial charge in [-0.05, 0) is 139 Å². The highest BCUT2D eigenvalue weighted by Crippen LogP contribution is 2.50. The number of rotatable bonds is 4. The summed E-state index contributed by atoms with van der Waals surface area (Å²) in [6, 6.07) is 63.8. The Morgan fingerprint density at radius 1 is 0.418 bits per heavy atom. The van der Waals surface area contributed by atoms with Crippen LogP contribution < -0.4 is 0 Å². The second-order valence-corrected chi connectivity index (χ2v) is 16.2. The smallest absolute Gasteiger partial charge is 0.0541 e. The number of hydrogen-bond donors (Lipinski definition) is 0. The summed E-state index contributed by atoms with van der Waals surface area (Å²) in [5.41, 5.74) is 23.5. The van der Waals surface area contributed by atoms with Gasteiger partial charge in [-0.25, -0.2) is 0 Å². The van der Waals surface area contributed by atoms with Gasteiger partial charge in [-0.3, -0.25) is 0 Å². The summed E-state index contributed by atoms with van der Waals surface area (Å²) in [6.45, 7) is 9.26. The van der Waals surface area contributed by atoms with Gasteiger partial charge in [-0.15, -0.1) is 0 Å². The third-order valence-corrected chi connectivity index (χ3v) is 12.8. The van der Waals surface area contributed by atoms with Crippen LogP contribution >= 0.6 is 0 Å². The molecule has 1 aromatic heterocycles. The van der Waals surface area contributed by atoms with Crippen LogP contribution in [0.3, 0.4) is 0 Å². The molecule has 9 aromatic rings. The molecule has 1 unspecified atom stereocenters. The SMILES string of the molecule is Cc1ccccc1-c1ccc(-n2c3ccc(-c4ccc5c(c4)C(C)c4ccccc4-5)cc3c3cc(-c4ccc5c(c4)C(C)(C)c4ccccc4-5)ccc32)cc1. The van der Waals surface area contributed by atoms with Gasteiger partial charge >= 0.3 is 0 Å². The zero-order valence-electron chi connectivity index (χ0n) is 31.7. The number of nitrogens with zero attached hydrogens (tertiary/aromatic N) is 1. The predicted octanol–water partition coefficient (Wildman–Crippen LogP) is 14.5. The Morgan fingerprint density at radius 3 is 1.64 bits per heavy atom. The van der Waals surface area contributed by atoms with Gasteiger partial charge in [-0.1, -0.05) is 142 Å². The van der Waals surface area contributed by atoms with Gasteiger partial charge in [0.15, 0.2) is 0 Å². The summed E-state index contributed by atoms with van der Waals surface area (Å²) in [5.74, 6) is 0.382. The van der Waals surface area contributed by atoms with Crippen molar-refractivity contribution >= 4 is 21.8 Å². The molecule has 0 saturated carbocycles. The fourth-order valence-electron chi connectivity index (χ4n) is 9.86. The average molecular weight is 704 g/mol. The van der Waals surface area contributed by atoms with Crippen molar-refractivity contribution in [2.75, 3.05) is 0 Å². The van der Waals surface area contributed by atoms with E-state index in [4.69, 9.17) is 0 Å². The molecular formula is C54H41N. The van der Waals surface area contributed by atoms with E-state index in [1.165, 1.54) is 111 Å². The van der Waals surface area contributed by atoms with Crippen LogP contribution in [0, 0.1) is 6.92 Å². The van der Waals surface area contributed by atoms with Crippen LogP contribution in [0.2, 0.25) is 0 Å². The molecule has 1 nitrogen and oxygen atoms in total. The van der Waals surface area contributed by atoms with Gasteiger partial charge in [-0.2, -0.15) is 0 Å². The maximum atomic E-state index is 2.45. The Kier molecular flexibility index (Phi) is 6.86. The number of aryl methyl sites for hydroxylation is 1. The highest BCUT2D eigenvalue weighted by Gasteiger charge is 2.35. The van der Waals surface area contributed by atoms with Crippen molar-refractivity contribution < 1.29 is 0 Å². The quantitative estimate of drug-likeness (QED) is 0.172. The molecule has 0 bridgehead atoms. The van der Waals surface area contributed by atoms with Crippen molar-refractivity contribution in [2.45, 2.75) is 39.0 Å². The number of hydrogen-bond acceptors (Lipinski definition) is 0. The van der Waals surface area contributed by atoms with E-state index in [-0.39, 0.29) is 5.41 Å². The van der Waals surface area contributed by atoms with Crippen molar-refractivity contribution in [3.63, 3.8) is 0 Å². The number of benzene rings is 8. The van der Waals surface area contributed by atoms with E-state index in [2.05, 4.69) is 202 Å². The van der Waals surface area contributed by atoms with Crippen LogP contribution in [0.5, 0.6) is 0 Å². The van der Waals surface area contributed by atoms with E-state index in [1.807, 2.05) is 0 Å². The second kappa shape index (κ2) is 11.8. The molecule has 0 radical (unpaired) electrons. The third kappa shape index (κ3) is 4.72. The highest BCUT2D eigenvalue weighted by molar-refractivity contribution is 6.12. The molecule has 1 heterocycles. The first kappa shape index (κ1) is 32.0. The van der Waals surface area contributed by atoms with Crippen LogP contribution in [0.4, 0.5) is 0 Å². The van der Waals surface area contributed by atoms with Crippen LogP contribution in [0.15, 0.2) is 170 Å². The van der Waals surface area contributed by atoms with Gasteiger partial charge in [0.2, 0.25) is 0 Å². The van der Waals surface area contributed by atoms with Crippen molar-refractivity contribution in [2.24, 2.45) is 0 Å². The van der Waals surface area contributed by atoms with Gasteiger partial charge in [0.1, 0.15) is 0 Å². The Balaban J connectivity index is 1.08. The maximum Gasteiger partial charge on any atom is 0.0541 e. The van der Waals surface area contributed by atoms with Crippen LogP contribution in [-0.4, -0.2) is 4.57 Å². The minimum Gasteiger partial charge on any atom is -0.309 e. The molecule has 2 aliphatic carbocycles. The molecule has 2 aliphatic rings. The van der Waals surface area contributed by atoms with Crippen molar-refractivity contribution in [1.29, 1.82) is 0 Å². The minimum atomic E-state index is -0.0455. The molecule has 0 aliphatic heterocycles. The normalized spacial score (nSPS) is 14.9. The summed E-state index contributed by atoms with van der Waals surface area (Å²) in [7, 11) is 0. The topological polar surface area (TPSA) is 4.93 Å². The maximum absolute atomic E-state index is 2.45. The standard InChI is InChI=1S/C54H41N/c1-33-11-5-6-12-41(33)35-17-23-40(24-18-35)55-52-27-21-37(36-19-25-44-43-14-8-7-13-42(43)34(2)47(44)29-36)30-48(52)49-31-38(22-28-53(49)55)39-20-26-46-45-15-9-10-16-50(45)54(3,4)51(46)32-39/h5-32,34H,1-4H3. The molecule has 8 aromatic carbocycles. The Morgan fingerprint density at radius 2 is 0.927 bits per heavy atom. The molecule has 1 heteroatoms. The molecule has 0 N–H and O–H groups in total. The zero-order chi connectivity index (χ0) is 37.0. The first-order chi connectivity index (χ1) is 26.8. The van der Waals surface area contributed by atoms with Gasteiger partial charge < -0.3 is 4.57 Å². The minimum absolute atomic E-state index is 0.0455. The molecule has 0 saturated heterocycles. The van der Waals surface area contributed by atoms with E-state index in [0.717, 1.165) is 0 Å². The van der Waals surface area contributed by atoms with E-state index in [0.29, 0.717) is 5.92 Å². The first-order valence-corrected chi connectivity index (χ1v) is 19.6. The average Bonchev–Trinajstić information content (AvgIpc) is 3.79. The lowest BCUT2D eigenvalue weighted by Gasteiger charge is -2.22. The molecule has 262 valence electrons. The molecule has 0 fully saturated rings. The monoisotopic (exact) mass is 703 g/mol. The van der Waals surface area contributed by atoms with Gasteiger partial charge in [0.25, 0.3) is 0 Å². The molecule has 0 amide bonds. The lowest BCUT2D eigenvalue weighted by Crippen LogP contribution is -2.14. The van der Waals surface area contributed by atoms with Crippen molar-refractivity contribution in [1.82, 2.24) is 4.57 Å². The van der Waals surface area contributed by atoms with E-state index in [1.54, 1.807) is 0 Å². The number of fused-ring (bicyclic) bond motifs is 9. The molecule has 1 atom stereocenters. The lowest BCUT2D eigenvalue weighted by atomic mass is 9.81. The fraction of sp³-hybridized carbons (Fsp3) is 0.111. The zero-order valence-corrected chi connectivity index (χ0v) is 31.7. The fourth-order valence-corrected chi connectivity index (χ4v) is 9.86. The Bertz CT molecular complexity index is 3030. The summed E-state index contributed by atoms with van der Waals surface area (Å²) in [4.78, 5) is 0. The van der Waals surface area contributed by atoms with Crippen molar-refractivity contribution in [3.05, 3.63) is 198 Å². The molecule has 55 heavy (non-hydrogen) atoms. The van der Waals surface area contributed by atoms with E-state index in [9.17, 15) is 0 Å². The highest BCUT2D eigenvalue weighted by atomic mass is 15.0. The Labute approximate surface area is 323 Å². The van der Waals surface area contributed by atoms with Crippen LogP contribution in [-0.2, 0) is 5.41 Å². The van der Waals surface area contributed by atoms with Gasteiger partial charge in [0.05, 0.1) is 11.0 Å².